The standard InChI is InChI=1S/C14H11Br/c1-2-3-6-11-7-4-8-12-9-5-10-13(15)14(11)12/h4-5,7-10H,2H2,1H3. The minimum Gasteiger partial charge on any atom is -0.0982 e. The number of halogens is 1. The van der Waals surface area contributed by atoms with Crippen LogP contribution in [-0.4, -0.2) is 0 Å². The highest BCUT2D eigenvalue weighted by Gasteiger charge is 2.01. The van der Waals surface area contributed by atoms with Crippen molar-refractivity contribution in [3.63, 3.8) is 0 Å². The first kappa shape index (κ1) is 10.3. The van der Waals surface area contributed by atoms with Gasteiger partial charge in [0, 0.05) is 21.8 Å². The maximum Gasteiger partial charge on any atom is 0.0335 e. The molecule has 0 spiro atoms. The van der Waals surface area contributed by atoms with Crippen molar-refractivity contribution in [1.29, 1.82) is 0 Å². The van der Waals surface area contributed by atoms with Crippen LogP contribution in [0.2, 0.25) is 0 Å². The first-order valence-electron chi connectivity index (χ1n) is 4.99. The minimum atomic E-state index is 0.890. The van der Waals surface area contributed by atoms with Gasteiger partial charge in [-0.05, 0) is 17.5 Å². The predicted molar refractivity (Wildman–Crippen MR) is 68.8 cm³/mol. The van der Waals surface area contributed by atoms with Crippen LogP contribution < -0.4 is 0 Å². The van der Waals surface area contributed by atoms with Crippen molar-refractivity contribution in [3.8, 4) is 11.8 Å². The summed E-state index contributed by atoms with van der Waals surface area (Å²) in [6.07, 6.45) is 0.890. The average Bonchev–Trinajstić information content (AvgIpc) is 2.26. The Balaban J connectivity index is 2.74. The van der Waals surface area contributed by atoms with Crippen molar-refractivity contribution in [2.45, 2.75) is 13.3 Å². The summed E-state index contributed by atoms with van der Waals surface area (Å²) < 4.78 is 1.11. The molecule has 0 aliphatic rings. The van der Waals surface area contributed by atoms with E-state index >= 15 is 0 Å². The fourth-order valence-electron chi connectivity index (χ4n) is 1.58. The summed E-state index contributed by atoms with van der Waals surface area (Å²) in [6, 6.07) is 12.4. The molecule has 1 heteroatoms. The summed E-state index contributed by atoms with van der Waals surface area (Å²) in [5.74, 6) is 6.31. The van der Waals surface area contributed by atoms with Crippen molar-refractivity contribution < 1.29 is 0 Å². The summed E-state index contributed by atoms with van der Waals surface area (Å²) in [4.78, 5) is 0. The molecule has 0 radical (unpaired) electrons. The maximum absolute atomic E-state index is 3.57. The van der Waals surface area contributed by atoms with Crippen molar-refractivity contribution in [2.75, 3.05) is 0 Å². The molecule has 0 nitrogen and oxygen atoms in total. The van der Waals surface area contributed by atoms with Crippen LogP contribution in [0.25, 0.3) is 10.8 Å². The van der Waals surface area contributed by atoms with Crippen LogP contribution >= 0.6 is 15.9 Å². The first-order chi connectivity index (χ1) is 7.33. The zero-order chi connectivity index (χ0) is 10.7. The summed E-state index contributed by atoms with van der Waals surface area (Å²) in [6.45, 7) is 2.06. The molecule has 15 heavy (non-hydrogen) atoms. The van der Waals surface area contributed by atoms with Gasteiger partial charge in [-0.15, -0.1) is 0 Å². The molecule has 0 aromatic heterocycles. The van der Waals surface area contributed by atoms with Gasteiger partial charge in [0.2, 0.25) is 0 Å². The third kappa shape index (κ3) is 2.06. The van der Waals surface area contributed by atoms with Gasteiger partial charge < -0.3 is 0 Å². The lowest BCUT2D eigenvalue weighted by Crippen LogP contribution is -1.80. The molecule has 0 fully saturated rings. The lowest BCUT2D eigenvalue weighted by Gasteiger charge is -2.02. The normalized spacial score (nSPS) is 9.73. The molecule has 0 N–H and O–H groups in total. The quantitative estimate of drug-likeness (QED) is 0.616. The third-order valence-corrected chi connectivity index (χ3v) is 2.91. The molecule has 0 aliphatic carbocycles. The molecule has 0 aliphatic heterocycles. The van der Waals surface area contributed by atoms with E-state index in [0.29, 0.717) is 0 Å². The van der Waals surface area contributed by atoms with Gasteiger partial charge in [-0.3, -0.25) is 0 Å². The summed E-state index contributed by atoms with van der Waals surface area (Å²) in [5.41, 5.74) is 1.10. The number of hydrogen-bond acceptors (Lipinski definition) is 0. The highest BCUT2D eigenvalue weighted by Crippen LogP contribution is 2.26. The largest absolute Gasteiger partial charge is 0.0982 e. The van der Waals surface area contributed by atoms with Gasteiger partial charge in [0.15, 0.2) is 0 Å². The molecule has 2 aromatic rings. The van der Waals surface area contributed by atoms with Gasteiger partial charge in [0.1, 0.15) is 0 Å². The van der Waals surface area contributed by atoms with Crippen molar-refractivity contribution in [1.82, 2.24) is 0 Å². The zero-order valence-electron chi connectivity index (χ0n) is 8.55. The number of rotatable bonds is 0. The van der Waals surface area contributed by atoms with Gasteiger partial charge in [-0.2, -0.15) is 0 Å². The number of fused-ring (bicyclic) bond motifs is 1. The second-order valence-electron chi connectivity index (χ2n) is 3.30. The lowest BCUT2D eigenvalue weighted by molar-refractivity contribution is 1.28. The van der Waals surface area contributed by atoms with Crippen LogP contribution in [0, 0.1) is 11.8 Å². The fourth-order valence-corrected chi connectivity index (χ4v) is 2.18. The molecule has 0 unspecified atom stereocenters. The lowest BCUT2D eigenvalue weighted by atomic mass is 10.1. The molecule has 0 saturated carbocycles. The fraction of sp³-hybridized carbons (Fsp3) is 0.143. The molecular weight excluding hydrogens is 248 g/mol. The van der Waals surface area contributed by atoms with Crippen LogP contribution in [0.1, 0.15) is 18.9 Å². The van der Waals surface area contributed by atoms with Crippen molar-refractivity contribution >= 4 is 26.7 Å². The average molecular weight is 259 g/mol. The van der Waals surface area contributed by atoms with E-state index in [2.05, 4.69) is 65.0 Å². The third-order valence-electron chi connectivity index (χ3n) is 2.25. The van der Waals surface area contributed by atoms with Crippen molar-refractivity contribution in [3.05, 3.63) is 46.4 Å². The molecule has 2 rings (SSSR count). The van der Waals surface area contributed by atoms with E-state index in [9.17, 15) is 0 Å². The second kappa shape index (κ2) is 4.51. The van der Waals surface area contributed by atoms with Crippen LogP contribution in [-0.2, 0) is 0 Å². The molecule has 0 heterocycles. The van der Waals surface area contributed by atoms with Crippen LogP contribution in [0.3, 0.4) is 0 Å². The van der Waals surface area contributed by atoms with Crippen LogP contribution in [0.15, 0.2) is 40.9 Å². The Morgan fingerprint density at radius 1 is 1.13 bits per heavy atom. The van der Waals surface area contributed by atoms with Gasteiger partial charge in [-0.1, -0.05) is 59.0 Å². The Morgan fingerprint density at radius 2 is 1.87 bits per heavy atom. The Morgan fingerprint density at radius 3 is 2.60 bits per heavy atom. The van der Waals surface area contributed by atoms with E-state index in [-0.39, 0.29) is 0 Å². The van der Waals surface area contributed by atoms with E-state index in [0.717, 1.165) is 16.5 Å². The Hall–Kier alpha value is -1.26. The summed E-state index contributed by atoms with van der Waals surface area (Å²) >= 11 is 3.57. The van der Waals surface area contributed by atoms with Crippen molar-refractivity contribution in [2.24, 2.45) is 0 Å². The molecule has 0 amide bonds. The van der Waals surface area contributed by atoms with Gasteiger partial charge in [0.25, 0.3) is 0 Å². The summed E-state index contributed by atoms with van der Waals surface area (Å²) in [7, 11) is 0. The van der Waals surface area contributed by atoms with Gasteiger partial charge in [-0.25, -0.2) is 0 Å². The van der Waals surface area contributed by atoms with E-state index < -0.39 is 0 Å². The van der Waals surface area contributed by atoms with E-state index in [1.165, 1.54) is 10.8 Å². The van der Waals surface area contributed by atoms with E-state index in [4.69, 9.17) is 0 Å². The van der Waals surface area contributed by atoms with Crippen LogP contribution in [0.4, 0.5) is 0 Å². The first-order valence-corrected chi connectivity index (χ1v) is 5.78. The Labute approximate surface area is 98.4 Å². The molecular formula is C14H11Br. The van der Waals surface area contributed by atoms with E-state index in [1.54, 1.807) is 0 Å². The van der Waals surface area contributed by atoms with E-state index in [1.807, 2.05) is 6.07 Å². The second-order valence-corrected chi connectivity index (χ2v) is 4.15. The minimum absolute atomic E-state index is 0.890. The highest BCUT2D eigenvalue weighted by atomic mass is 79.9. The van der Waals surface area contributed by atoms with Gasteiger partial charge in [0.05, 0.1) is 0 Å². The molecule has 0 saturated heterocycles. The Bertz CT molecular complexity index is 539. The van der Waals surface area contributed by atoms with Gasteiger partial charge >= 0.3 is 0 Å². The molecule has 0 atom stereocenters. The maximum atomic E-state index is 3.57. The van der Waals surface area contributed by atoms with Crippen LogP contribution in [0.5, 0.6) is 0 Å². The Kier molecular flexibility index (Phi) is 3.08. The summed E-state index contributed by atoms with van der Waals surface area (Å²) in [5, 5.41) is 2.44. The number of hydrogen-bond donors (Lipinski definition) is 0. The zero-order valence-corrected chi connectivity index (χ0v) is 10.1. The topological polar surface area (TPSA) is 0 Å². The monoisotopic (exact) mass is 258 g/mol. The SMILES string of the molecule is CCC#Cc1cccc2cccc(Br)c12. The molecule has 2 aromatic carbocycles. The number of benzene rings is 2. The predicted octanol–water partition coefficient (Wildman–Crippen LogP) is 4.36. The highest BCUT2D eigenvalue weighted by molar-refractivity contribution is 9.10. The molecule has 0 bridgehead atoms. The smallest absolute Gasteiger partial charge is 0.0335 e. The molecule has 74 valence electrons.